The van der Waals surface area contributed by atoms with Crippen molar-refractivity contribution in [3.05, 3.63) is 24.4 Å². The van der Waals surface area contributed by atoms with Gasteiger partial charge in [0.2, 0.25) is 0 Å². The number of ether oxygens (including phenoxy) is 2. The van der Waals surface area contributed by atoms with E-state index in [9.17, 15) is 0 Å². The van der Waals surface area contributed by atoms with Gasteiger partial charge < -0.3 is 9.47 Å². The van der Waals surface area contributed by atoms with Crippen LogP contribution in [0.2, 0.25) is 0 Å². The summed E-state index contributed by atoms with van der Waals surface area (Å²) in [5.41, 5.74) is 0.944. The lowest BCUT2D eigenvalue weighted by Crippen LogP contribution is -2.16. The second-order valence-electron chi connectivity index (χ2n) is 2.47. The summed E-state index contributed by atoms with van der Waals surface area (Å²) in [5, 5.41) is 0. The van der Waals surface area contributed by atoms with E-state index in [1.165, 1.54) is 0 Å². The van der Waals surface area contributed by atoms with Gasteiger partial charge in [0, 0.05) is 6.20 Å². The minimum absolute atomic E-state index is 0.576. The molecule has 0 spiro atoms. The van der Waals surface area contributed by atoms with E-state index in [1.807, 2.05) is 6.07 Å². The van der Waals surface area contributed by atoms with Crippen LogP contribution in [0.1, 0.15) is 5.56 Å². The Morgan fingerprint density at radius 1 is 1.42 bits per heavy atom. The van der Waals surface area contributed by atoms with Crippen LogP contribution in [0.4, 0.5) is 0 Å². The smallest absolute Gasteiger partial charge is 0.257 e. The van der Waals surface area contributed by atoms with Crippen LogP contribution < -0.4 is 9.47 Å². The Morgan fingerprint density at radius 3 is 3.08 bits per heavy atom. The molecule has 12 heavy (non-hydrogen) atoms. The second kappa shape index (κ2) is 2.85. The molecule has 0 N–H and O–H groups in total. The molecule has 0 bridgehead atoms. The van der Waals surface area contributed by atoms with E-state index >= 15 is 0 Å². The molecule has 1 aromatic heterocycles. The van der Waals surface area contributed by atoms with E-state index in [0.717, 1.165) is 5.56 Å². The highest BCUT2D eigenvalue weighted by atomic mass is 16.6. The molecule has 0 aliphatic carbocycles. The predicted octanol–water partition coefficient (Wildman–Crippen LogP) is 1.50. The van der Waals surface area contributed by atoms with Crippen molar-refractivity contribution in [2.45, 2.75) is 0 Å². The van der Waals surface area contributed by atoms with E-state index < -0.39 is 0 Å². The first-order valence-electron chi connectivity index (χ1n) is 3.78. The van der Waals surface area contributed by atoms with Crippen molar-refractivity contribution in [1.82, 2.24) is 4.98 Å². The first-order chi connectivity index (χ1) is 5.90. The standard InChI is InChI=1S/C9H9NO2/c1-2-7-5-8-9(10-6-7)12-4-3-11-8/h2,5-6H,1,3-4H2. The van der Waals surface area contributed by atoms with Gasteiger partial charge >= 0.3 is 0 Å². The van der Waals surface area contributed by atoms with Crippen molar-refractivity contribution >= 4 is 6.08 Å². The van der Waals surface area contributed by atoms with Crippen LogP contribution in [0.15, 0.2) is 18.8 Å². The van der Waals surface area contributed by atoms with Crippen molar-refractivity contribution in [3.8, 4) is 11.6 Å². The van der Waals surface area contributed by atoms with Gasteiger partial charge in [0.25, 0.3) is 5.88 Å². The summed E-state index contributed by atoms with van der Waals surface area (Å²) >= 11 is 0. The summed E-state index contributed by atoms with van der Waals surface area (Å²) in [7, 11) is 0. The zero-order valence-corrected chi connectivity index (χ0v) is 6.62. The molecule has 3 nitrogen and oxygen atoms in total. The summed E-state index contributed by atoms with van der Waals surface area (Å²) in [6.07, 6.45) is 3.44. The molecule has 0 amide bonds. The van der Waals surface area contributed by atoms with Gasteiger partial charge in [-0.05, 0) is 11.6 Å². The molecule has 1 aromatic rings. The van der Waals surface area contributed by atoms with E-state index in [4.69, 9.17) is 9.47 Å². The number of nitrogens with zero attached hydrogens (tertiary/aromatic N) is 1. The number of fused-ring (bicyclic) bond motifs is 1. The maximum atomic E-state index is 5.33. The Morgan fingerprint density at radius 2 is 2.25 bits per heavy atom. The van der Waals surface area contributed by atoms with E-state index in [0.29, 0.717) is 24.8 Å². The van der Waals surface area contributed by atoms with Crippen LogP contribution in [0.5, 0.6) is 11.6 Å². The van der Waals surface area contributed by atoms with Crippen molar-refractivity contribution in [1.29, 1.82) is 0 Å². The first-order valence-corrected chi connectivity index (χ1v) is 3.78. The second-order valence-corrected chi connectivity index (χ2v) is 2.47. The molecule has 62 valence electrons. The van der Waals surface area contributed by atoms with Crippen LogP contribution >= 0.6 is 0 Å². The lowest BCUT2D eigenvalue weighted by Gasteiger charge is -2.16. The van der Waals surface area contributed by atoms with Crippen molar-refractivity contribution in [2.75, 3.05) is 13.2 Å². The summed E-state index contributed by atoms with van der Waals surface area (Å²) in [4.78, 5) is 4.07. The average Bonchev–Trinajstić information content (AvgIpc) is 2.17. The minimum atomic E-state index is 0.576. The Labute approximate surface area is 70.6 Å². The third-order valence-electron chi connectivity index (χ3n) is 1.65. The Kier molecular flexibility index (Phi) is 1.70. The fourth-order valence-electron chi connectivity index (χ4n) is 1.06. The molecule has 1 aliphatic rings. The molecule has 1 aliphatic heterocycles. The number of pyridine rings is 1. The monoisotopic (exact) mass is 163 g/mol. The molecular weight excluding hydrogens is 154 g/mol. The maximum Gasteiger partial charge on any atom is 0.257 e. The number of rotatable bonds is 1. The number of hydrogen-bond donors (Lipinski definition) is 0. The van der Waals surface area contributed by atoms with Gasteiger partial charge in [-0.3, -0.25) is 0 Å². The quantitative estimate of drug-likeness (QED) is 0.628. The molecule has 3 heteroatoms. The van der Waals surface area contributed by atoms with Gasteiger partial charge in [0.15, 0.2) is 5.75 Å². The van der Waals surface area contributed by atoms with Gasteiger partial charge in [-0.2, -0.15) is 0 Å². The molecular formula is C9H9NO2. The fraction of sp³-hybridized carbons (Fsp3) is 0.222. The number of aromatic nitrogens is 1. The highest BCUT2D eigenvalue weighted by Crippen LogP contribution is 2.27. The lowest BCUT2D eigenvalue weighted by atomic mass is 10.2. The molecule has 2 heterocycles. The molecule has 0 atom stereocenters. The van der Waals surface area contributed by atoms with Gasteiger partial charge in [-0.15, -0.1) is 0 Å². The van der Waals surface area contributed by atoms with Gasteiger partial charge in [-0.25, -0.2) is 4.98 Å². The van der Waals surface area contributed by atoms with Crippen LogP contribution in [-0.2, 0) is 0 Å². The predicted molar refractivity (Wildman–Crippen MR) is 45.3 cm³/mol. The molecule has 0 radical (unpaired) electrons. The normalized spacial score (nSPS) is 14.0. The maximum absolute atomic E-state index is 5.33. The van der Waals surface area contributed by atoms with Gasteiger partial charge in [0.1, 0.15) is 13.2 Å². The SMILES string of the molecule is C=Cc1cnc2c(c1)OCCO2. The van der Waals surface area contributed by atoms with Crippen LogP contribution in [-0.4, -0.2) is 18.2 Å². The Hall–Kier alpha value is -1.51. The molecule has 0 unspecified atom stereocenters. The van der Waals surface area contributed by atoms with Crippen molar-refractivity contribution in [3.63, 3.8) is 0 Å². The topological polar surface area (TPSA) is 31.4 Å². The van der Waals surface area contributed by atoms with Crippen molar-refractivity contribution < 1.29 is 9.47 Å². The van der Waals surface area contributed by atoms with Gasteiger partial charge in [0.05, 0.1) is 0 Å². The highest BCUT2D eigenvalue weighted by molar-refractivity contribution is 5.51. The fourth-order valence-corrected chi connectivity index (χ4v) is 1.06. The van der Waals surface area contributed by atoms with Crippen LogP contribution in [0.25, 0.3) is 6.08 Å². The lowest BCUT2D eigenvalue weighted by molar-refractivity contribution is 0.164. The number of hydrogen-bond acceptors (Lipinski definition) is 3. The average molecular weight is 163 g/mol. The Balaban J connectivity index is 2.42. The summed E-state index contributed by atoms with van der Waals surface area (Å²) in [5.74, 6) is 1.28. The molecule has 0 saturated heterocycles. The van der Waals surface area contributed by atoms with E-state index in [2.05, 4.69) is 11.6 Å². The summed E-state index contributed by atoms with van der Waals surface area (Å²) < 4.78 is 10.6. The highest BCUT2D eigenvalue weighted by Gasteiger charge is 2.11. The van der Waals surface area contributed by atoms with E-state index in [1.54, 1.807) is 12.3 Å². The molecule has 0 fully saturated rings. The third kappa shape index (κ3) is 1.13. The largest absolute Gasteiger partial charge is 0.484 e. The summed E-state index contributed by atoms with van der Waals surface area (Å²) in [6.45, 7) is 4.81. The zero-order valence-electron chi connectivity index (χ0n) is 6.62. The summed E-state index contributed by atoms with van der Waals surface area (Å²) in [6, 6.07) is 1.87. The van der Waals surface area contributed by atoms with Crippen LogP contribution in [0, 0.1) is 0 Å². The van der Waals surface area contributed by atoms with Crippen LogP contribution in [0.3, 0.4) is 0 Å². The Bertz CT molecular complexity index is 309. The van der Waals surface area contributed by atoms with Crippen molar-refractivity contribution in [2.24, 2.45) is 0 Å². The third-order valence-corrected chi connectivity index (χ3v) is 1.65. The van der Waals surface area contributed by atoms with E-state index in [-0.39, 0.29) is 0 Å². The minimum Gasteiger partial charge on any atom is -0.484 e. The molecule has 0 aromatic carbocycles. The first kappa shape index (κ1) is 7.16. The van der Waals surface area contributed by atoms with Gasteiger partial charge in [-0.1, -0.05) is 12.7 Å². The molecule has 0 saturated carbocycles. The zero-order chi connectivity index (χ0) is 8.39. The molecule has 2 rings (SSSR count).